The Bertz CT molecular complexity index is 1010. The number of sulfonamides is 1. The molecule has 5 nitrogen and oxygen atoms in total. The van der Waals surface area contributed by atoms with Crippen LogP contribution < -0.4 is 4.90 Å². The summed E-state index contributed by atoms with van der Waals surface area (Å²) in [7, 11) is -3.64. The second kappa shape index (κ2) is 9.20. The number of carbonyl (C=O) groups excluding carboxylic acids is 1. The first-order valence-electron chi connectivity index (χ1n) is 9.66. The zero-order valence-corrected chi connectivity index (χ0v) is 20.0. The molecule has 8 heteroatoms. The van der Waals surface area contributed by atoms with Gasteiger partial charge in [-0.1, -0.05) is 32.9 Å². The van der Waals surface area contributed by atoms with E-state index in [2.05, 4.69) is 22.9 Å². The fourth-order valence-electron chi connectivity index (χ4n) is 3.38. The van der Waals surface area contributed by atoms with E-state index in [9.17, 15) is 13.2 Å². The number of amides is 1. The fourth-order valence-corrected chi connectivity index (χ4v) is 6.40. The molecule has 1 aliphatic rings. The highest BCUT2D eigenvalue weighted by Gasteiger charge is 2.28. The van der Waals surface area contributed by atoms with E-state index >= 15 is 0 Å². The summed E-state index contributed by atoms with van der Waals surface area (Å²) >= 11 is 5.21. The topological polar surface area (TPSA) is 57.7 Å². The van der Waals surface area contributed by atoms with Gasteiger partial charge in [-0.05, 0) is 52.7 Å². The van der Waals surface area contributed by atoms with Crippen molar-refractivity contribution in [1.82, 2.24) is 4.31 Å². The smallest absolute Gasteiger partial charge is 0.259 e. The summed E-state index contributed by atoms with van der Waals surface area (Å²) in [5, 5.41) is 0.395. The molecule has 0 fully saturated rings. The van der Waals surface area contributed by atoms with Crippen LogP contribution in [0.3, 0.4) is 0 Å². The maximum Gasteiger partial charge on any atom is 0.259 e. The molecular weight excluding hydrogens is 472 g/mol. The maximum absolute atomic E-state index is 13.5. The van der Waals surface area contributed by atoms with E-state index in [0.29, 0.717) is 34.9 Å². The van der Waals surface area contributed by atoms with Crippen molar-refractivity contribution in [1.29, 1.82) is 0 Å². The van der Waals surface area contributed by atoms with Crippen LogP contribution in [0.4, 0.5) is 5.69 Å². The highest BCUT2D eigenvalue weighted by Crippen LogP contribution is 2.38. The van der Waals surface area contributed by atoms with Crippen LogP contribution in [0.25, 0.3) is 0 Å². The third-order valence-corrected chi connectivity index (χ3v) is 8.97. The van der Waals surface area contributed by atoms with E-state index in [4.69, 9.17) is 0 Å². The molecule has 2 aromatic rings. The standard InChI is InChI=1S/C21H25BrN2O3S2/c1-4-23(5-2)29(26,27)16-10-11-18(22)17(14-16)21(25)24-13-12-15(3)28-20-9-7-6-8-19(20)24/h6-11,14-15H,4-5,12-13H2,1-3H3. The molecule has 3 rings (SSSR count). The number of fused-ring (bicyclic) bond motifs is 1. The molecular formula is C21H25BrN2O3S2. The van der Waals surface area contributed by atoms with Crippen LogP contribution in [0.1, 0.15) is 37.6 Å². The Kier molecular flexibility index (Phi) is 7.09. The van der Waals surface area contributed by atoms with Crippen molar-refractivity contribution in [2.24, 2.45) is 0 Å². The van der Waals surface area contributed by atoms with Crippen LogP contribution in [0.2, 0.25) is 0 Å². The van der Waals surface area contributed by atoms with Gasteiger partial charge in [-0.3, -0.25) is 4.79 Å². The molecule has 29 heavy (non-hydrogen) atoms. The average molecular weight is 497 g/mol. The van der Waals surface area contributed by atoms with Gasteiger partial charge in [0.05, 0.1) is 16.1 Å². The maximum atomic E-state index is 13.5. The summed E-state index contributed by atoms with van der Waals surface area (Å²) in [6.07, 6.45) is 0.861. The van der Waals surface area contributed by atoms with Crippen LogP contribution in [0, 0.1) is 0 Å². The first-order chi connectivity index (χ1) is 13.8. The van der Waals surface area contributed by atoms with Crippen LogP contribution in [0.5, 0.6) is 0 Å². The molecule has 1 atom stereocenters. The zero-order valence-electron chi connectivity index (χ0n) is 16.8. The molecule has 156 valence electrons. The van der Waals surface area contributed by atoms with Crippen molar-refractivity contribution in [3.05, 3.63) is 52.5 Å². The number of carbonyl (C=O) groups is 1. The van der Waals surface area contributed by atoms with Gasteiger partial charge in [-0.2, -0.15) is 4.31 Å². The summed E-state index contributed by atoms with van der Waals surface area (Å²) in [5.74, 6) is -0.198. The van der Waals surface area contributed by atoms with Gasteiger partial charge >= 0.3 is 0 Å². The van der Waals surface area contributed by atoms with Gasteiger partial charge in [0.2, 0.25) is 10.0 Å². The molecule has 1 heterocycles. The third kappa shape index (κ3) is 4.55. The molecule has 1 amide bonds. The van der Waals surface area contributed by atoms with Crippen molar-refractivity contribution in [3.8, 4) is 0 Å². The predicted molar refractivity (Wildman–Crippen MR) is 122 cm³/mol. The monoisotopic (exact) mass is 496 g/mol. The Morgan fingerprint density at radius 2 is 1.90 bits per heavy atom. The molecule has 1 aliphatic heterocycles. The molecule has 0 saturated heterocycles. The Balaban J connectivity index is 2.04. The van der Waals surface area contributed by atoms with Crippen molar-refractivity contribution in [2.75, 3.05) is 24.5 Å². The number of hydrogen-bond acceptors (Lipinski definition) is 4. The first kappa shape index (κ1) is 22.3. The van der Waals surface area contributed by atoms with Gasteiger partial charge in [0, 0.05) is 34.3 Å². The zero-order chi connectivity index (χ0) is 21.2. The first-order valence-corrected chi connectivity index (χ1v) is 12.8. The molecule has 0 aliphatic carbocycles. The number of benzene rings is 2. The van der Waals surface area contributed by atoms with E-state index in [0.717, 1.165) is 17.0 Å². The Morgan fingerprint density at radius 3 is 2.59 bits per heavy atom. The van der Waals surface area contributed by atoms with E-state index in [-0.39, 0.29) is 10.8 Å². The molecule has 0 bridgehead atoms. The van der Waals surface area contributed by atoms with E-state index < -0.39 is 10.0 Å². The van der Waals surface area contributed by atoms with Crippen molar-refractivity contribution >= 4 is 49.3 Å². The molecule has 0 saturated carbocycles. The molecule has 0 spiro atoms. The summed E-state index contributed by atoms with van der Waals surface area (Å²) in [5.41, 5.74) is 1.23. The minimum absolute atomic E-state index is 0.138. The number of hydrogen-bond donors (Lipinski definition) is 0. The molecule has 1 unspecified atom stereocenters. The lowest BCUT2D eigenvalue weighted by atomic mass is 10.1. The summed E-state index contributed by atoms with van der Waals surface area (Å²) in [6, 6.07) is 12.5. The molecule has 2 aromatic carbocycles. The number of halogens is 1. The second-order valence-corrected chi connectivity index (χ2v) is 11.1. The number of nitrogens with zero attached hydrogens (tertiary/aromatic N) is 2. The Hall–Kier alpha value is -1.35. The van der Waals surface area contributed by atoms with Gasteiger partial charge in [-0.25, -0.2) is 8.42 Å². The SMILES string of the molecule is CCN(CC)S(=O)(=O)c1ccc(Br)c(C(=O)N2CCC(C)Sc3ccccc32)c1. The number of rotatable bonds is 5. The second-order valence-electron chi connectivity index (χ2n) is 6.87. The molecule has 0 N–H and O–H groups in total. The minimum atomic E-state index is -3.64. The highest BCUT2D eigenvalue weighted by atomic mass is 79.9. The third-order valence-electron chi connectivity index (χ3n) is 5.00. The molecule has 0 radical (unpaired) electrons. The Morgan fingerprint density at radius 1 is 1.21 bits per heavy atom. The lowest BCUT2D eigenvalue weighted by Gasteiger charge is -2.24. The average Bonchev–Trinajstić information content (AvgIpc) is 2.86. The number of thioether (sulfide) groups is 1. The number of anilines is 1. The summed E-state index contributed by atoms with van der Waals surface area (Å²) in [6.45, 7) is 7.11. The van der Waals surface area contributed by atoms with E-state index in [1.54, 1.807) is 42.6 Å². The lowest BCUT2D eigenvalue weighted by molar-refractivity contribution is 0.0985. The Labute approximate surface area is 185 Å². The fraction of sp³-hybridized carbons (Fsp3) is 0.381. The van der Waals surface area contributed by atoms with Crippen molar-refractivity contribution in [2.45, 2.75) is 42.2 Å². The van der Waals surface area contributed by atoms with Crippen LogP contribution >= 0.6 is 27.7 Å². The highest BCUT2D eigenvalue weighted by molar-refractivity contribution is 9.10. The quantitative estimate of drug-likeness (QED) is 0.583. The minimum Gasteiger partial charge on any atom is -0.307 e. The van der Waals surface area contributed by atoms with E-state index in [1.807, 2.05) is 24.3 Å². The van der Waals surface area contributed by atoms with Gasteiger partial charge in [-0.15, -0.1) is 11.8 Å². The van der Waals surface area contributed by atoms with Crippen LogP contribution in [0.15, 0.2) is 56.7 Å². The van der Waals surface area contributed by atoms with E-state index in [1.165, 1.54) is 10.4 Å². The van der Waals surface area contributed by atoms with Crippen LogP contribution in [-0.2, 0) is 10.0 Å². The van der Waals surface area contributed by atoms with Crippen molar-refractivity contribution in [3.63, 3.8) is 0 Å². The largest absolute Gasteiger partial charge is 0.307 e. The summed E-state index contributed by atoms with van der Waals surface area (Å²) in [4.78, 5) is 16.5. The van der Waals surface area contributed by atoms with Gasteiger partial charge < -0.3 is 4.90 Å². The summed E-state index contributed by atoms with van der Waals surface area (Å²) < 4.78 is 27.9. The predicted octanol–water partition coefficient (Wildman–Crippen LogP) is 5.01. The lowest BCUT2D eigenvalue weighted by Crippen LogP contribution is -2.33. The van der Waals surface area contributed by atoms with Crippen LogP contribution in [-0.4, -0.2) is 43.5 Å². The van der Waals surface area contributed by atoms with Gasteiger partial charge in [0.15, 0.2) is 0 Å². The van der Waals surface area contributed by atoms with Gasteiger partial charge in [0.1, 0.15) is 0 Å². The normalized spacial score (nSPS) is 17.1. The number of para-hydroxylation sites is 1. The van der Waals surface area contributed by atoms with Gasteiger partial charge in [0.25, 0.3) is 5.91 Å². The van der Waals surface area contributed by atoms with Crippen molar-refractivity contribution < 1.29 is 13.2 Å². The molecule has 0 aromatic heterocycles.